The summed E-state index contributed by atoms with van der Waals surface area (Å²) < 4.78 is 0. The molecule has 0 aromatic rings. The van der Waals surface area contributed by atoms with E-state index in [0.717, 1.165) is 0 Å². The molecule has 0 aromatic carbocycles. The van der Waals surface area contributed by atoms with E-state index in [-0.39, 0.29) is 0 Å². The summed E-state index contributed by atoms with van der Waals surface area (Å²) in [5, 5.41) is 0. The number of rotatable bonds is 2. The lowest BCUT2D eigenvalue weighted by molar-refractivity contribution is 0.673. The molecule has 0 heteroatoms. The van der Waals surface area contributed by atoms with Crippen molar-refractivity contribution in [2.75, 3.05) is 0 Å². The molecule has 16 heavy (non-hydrogen) atoms. The molecule has 0 saturated carbocycles. The Morgan fingerprint density at radius 1 is 0.562 bits per heavy atom. The van der Waals surface area contributed by atoms with Crippen LogP contribution in [0.3, 0.4) is 0 Å². The predicted octanol–water partition coefficient (Wildman–Crippen LogP) is 5.08. The van der Waals surface area contributed by atoms with Crippen LogP contribution in [0.1, 0.15) is 64.2 Å². The molecular formula is C16H22. The quantitative estimate of drug-likeness (QED) is 0.601. The lowest BCUT2D eigenvalue weighted by Crippen LogP contribution is -2.03. The molecule has 0 bridgehead atoms. The molecule has 0 amide bonds. The van der Waals surface area contributed by atoms with Gasteiger partial charge in [-0.2, -0.15) is 0 Å². The summed E-state index contributed by atoms with van der Waals surface area (Å²) in [4.78, 5) is 0. The molecule has 0 unspecified atom stereocenters. The van der Waals surface area contributed by atoms with Crippen molar-refractivity contribution in [2.24, 2.45) is 0 Å². The second-order valence-corrected chi connectivity index (χ2v) is 5.41. The third kappa shape index (κ3) is 1.90. The van der Waals surface area contributed by atoms with Crippen molar-refractivity contribution < 1.29 is 0 Å². The maximum absolute atomic E-state index is 2.51. The molecule has 0 spiro atoms. The van der Waals surface area contributed by atoms with E-state index in [1.54, 1.807) is 22.3 Å². The van der Waals surface area contributed by atoms with Crippen molar-refractivity contribution in [3.8, 4) is 0 Å². The maximum atomic E-state index is 2.51. The second-order valence-electron chi connectivity index (χ2n) is 5.41. The molecule has 0 saturated heterocycles. The van der Waals surface area contributed by atoms with Crippen molar-refractivity contribution in [1.29, 1.82) is 0 Å². The smallest absolute Gasteiger partial charge is 0.0273 e. The Labute approximate surface area is 99.1 Å². The molecule has 3 aliphatic rings. The summed E-state index contributed by atoms with van der Waals surface area (Å²) in [5.74, 6) is 0. The fourth-order valence-electron chi connectivity index (χ4n) is 3.50. The van der Waals surface area contributed by atoms with Crippen LogP contribution >= 0.6 is 0 Å². The standard InChI is InChI=1S/C16H22/c1-2-8-13(7-1)15-11-5-6-12-16(15)14-9-3-4-10-14/h7,9H,1-6,8,10-12H2. The zero-order chi connectivity index (χ0) is 10.8. The van der Waals surface area contributed by atoms with E-state index in [1.807, 2.05) is 0 Å². The molecule has 0 heterocycles. The van der Waals surface area contributed by atoms with Crippen LogP contribution in [-0.4, -0.2) is 0 Å². The summed E-state index contributed by atoms with van der Waals surface area (Å²) in [6.45, 7) is 0. The molecule has 3 aliphatic carbocycles. The molecule has 3 rings (SSSR count). The van der Waals surface area contributed by atoms with Gasteiger partial charge in [0.05, 0.1) is 0 Å². The predicted molar refractivity (Wildman–Crippen MR) is 69.4 cm³/mol. The fourth-order valence-corrected chi connectivity index (χ4v) is 3.50. The first kappa shape index (κ1) is 10.4. The Kier molecular flexibility index (Phi) is 2.99. The maximum Gasteiger partial charge on any atom is -0.0273 e. The summed E-state index contributed by atoms with van der Waals surface area (Å²) >= 11 is 0. The summed E-state index contributed by atoms with van der Waals surface area (Å²) in [7, 11) is 0. The summed E-state index contributed by atoms with van der Waals surface area (Å²) in [6, 6.07) is 0. The SMILES string of the molecule is C1=C(C2=C(C3=CCCC3)CCCC2)CCC1. The van der Waals surface area contributed by atoms with Gasteiger partial charge in [0.2, 0.25) is 0 Å². The van der Waals surface area contributed by atoms with E-state index < -0.39 is 0 Å². The third-order valence-corrected chi connectivity index (χ3v) is 4.33. The van der Waals surface area contributed by atoms with Crippen molar-refractivity contribution in [1.82, 2.24) is 0 Å². The van der Waals surface area contributed by atoms with E-state index in [4.69, 9.17) is 0 Å². The van der Waals surface area contributed by atoms with Gasteiger partial charge in [-0.05, 0) is 86.5 Å². The molecule has 0 N–H and O–H groups in total. The van der Waals surface area contributed by atoms with Gasteiger partial charge in [0, 0.05) is 0 Å². The molecule has 0 aromatic heterocycles. The van der Waals surface area contributed by atoms with Gasteiger partial charge in [-0.15, -0.1) is 0 Å². The van der Waals surface area contributed by atoms with Gasteiger partial charge < -0.3 is 0 Å². The first-order valence-electron chi connectivity index (χ1n) is 7.06. The Morgan fingerprint density at radius 3 is 1.44 bits per heavy atom. The van der Waals surface area contributed by atoms with Crippen molar-refractivity contribution in [2.45, 2.75) is 64.2 Å². The van der Waals surface area contributed by atoms with Crippen LogP contribution in [0.15, 0.2) is 34.4 Å². The zero-order valence-corrected chi connectivity index (χ0v) is 10.2. The average Bonchev–Trinajstić information content (AvgIpc) is 3.03. The van der Waals surface area contributed by atoms with Gasteiger partial charge in [0.25, 0.3) is 0 Å². The minimum absolute atomic E-state index is 1.32. The van der Waals surface area contributed by atoms with Crippen LogP contribution in [0.2, 0.25) is 0 Å². The molecule has 0 atom stereocenters. The van der Waals surface area contributed by atoms with E-state index in [0.29, 0.717) is 0 Å². The first-order chi connectivity index (χ1) is 7.95. The Hall–Kier alpha value is -0.780. The van der Waals surface area contributed by atoms with Crippen LogP contribution in [0.4, 0.5) is 0 Å². The van der Waals surface area contributed by atoms with E-state index >= 15 is 0 Å². The Bertz CT molecular complexity index is 329. The van der Waals surface area contributed by atoms with Crippen molar-refractivity contribution in [3.63, 3.8) is 0 Å². The van der Waals surface area contributed by atoms with Gasteiger partial charge in [0.15, 0.2) is 0 Å². The lowest BCUT2D eigenvalue weighted by Gasteiger charge is -2.22. The molecule has 86 valence electrons. The van der Waals surface area contributed by atoms with Crippen molar-refractivity contribution >= 4 is 0 Å². The minimum atomic E-state index is 1.32. The first-order valence-corrected chi connectivity index (χ1v) is 7.06. The Morgan fingerprint density at radius 2 is 1.06 bits per heavy atom. The number of hydrogen-bond acceptors (Lipinski definition) is 0. The van der Waals surface area contributed by atoms with Gasteiger partial charge >= 0.3 is 0 Å². The number of hydrogen-bond donors (Lipinski definition) is 0. The van der Waals surface area contributed by atoms with E-state index in [9.17, 15) is 0 Å². The highest BCUT2D eigenvalue weighted by Gasteiger charge is 2.21. The largest absolute Gasteiger partial charge is 0.0810 e. The lowest BCUT2D eigenvalue weighted by atomic mass is 9.83. The molecular weight excluding hydrogens is 192 g/mol. The summed E-state index contributed by atoms with van der Waals surface area (Å²) in [5.41, 5.74) is 6.94. The molecule has 0 nitrogen and oxygen atoms in total. The van der Waals surface area contributed by atoms with Gasteiger partial charge in [0.1, 0.15) is 0 Å². The minimum Gasteiger partial charge on any atom is -0.0810 e. The van der Waals surface area contributed by atoms with Crippen LogP contribution in [0.25, 0.3) is 0 Å². The number of allylic oxidation sites excluding steroid dienone is 6. The van der Waals surface area contributed by atoms with Gasteiger partial charge in [-0.25, -0.2) is 0 Å². The molecule has 0 aliphatic heterocycles. The van der Waals surface area contributed by atoms with Crippen LogP contribution in [0, 0.1) is 0 Å². The van der Waals surface area contributed by atoms with Crippen LogP contribution in [0.5, 0.6) is 0 Å². The third-order valence-electron chi connectivity index (χ3n) is 4.33. The highest BCUT2D eigenvalue weighted by atomic mass is 14.3. The van der Waals surface area contributed by atoms with E-state index in [2.05, 4.69) is 12.2 Å². The van der Waals surface area contributed by atoms with Gasteiger partial charge in [-0.3, -0.25) is 0 Å². The fraction of sp³-hybridized carbons (Fsp3) is 0.625. The van der Waals surface area contributed by atoms with Crippen LogP contribution < -0.4 is 0 Å². The topological polar surface area (TPSA) is 0 Å². The zero-order valence-electron chi connectivity index (χ0n) is 10.2. The highest BCUT2D eigenvalue weighted by Crippen LogP contribution is 2.40. The van der Waals surface area contributed by atoms with E-state index in [1.165, 1.54) is 64.2 Å². The normalized spacial score (nSPS) is 26.0. The van der Waals surface area contributed by atoms with Gasteiger partial charge in [-0.1, -0.05) is 12.2 Å². The monoisotopic (exact) mass is 214 g/mol. The molecule has 0 radical (unpaired) electrons. The summed E-state index contributed by atoms with van der Waals surface area (Å²) in [6.07, 6.45) is 18.7. The van der Waals surface area contributed by atoms with Crippen molar-refractivity contribution in [3.05, 3.63) is 34.4 Å². The highest BCUT2D eigenvalue weighted by molar-refractivity contribution is 5.47. The Balaban J connectivity index is 1.94. The second kappa shape index (κ2) is 4.61. The average molecular weight is 214 g/mol. The molecule has 0 fully saturated rings. The van der Waals surface area contributed by atoms with Crippen LogP contribution in [-0.2, 0) is 0 Å².